The minimum atomic E-state index is -1.39. The molecule has 7 nitrogen and oxygen atoms in total. The maximum Gasteiger partial charge on any atom is 0.344 e. The predicted molar refractivity (Wildman–Crippen MR) is 123 cm³/mol. The molecular weight excluding hydrogens is 481 g/mol. The van der Waals surface area contributed by atoms with Gasteiger partial charge >= 0.3 is 5.97 Å². The third-order valence-electron chi connectivity index (χ3n) is 4.33. The van der Waals surface area contributed by atoms with Crippen LogP contribution in [-0.4, -0.2) is 29.3 Å². The van der Waals surface area contributed by atoms with E-state index < -0.39 is 35.5 Å². The number of aromatic nitrogens is 1. The SMILES string of the molecule is COc1cc(Oc2nc(O[C@H](C)C(=O)O)c(F)cc2F)cc(-c2cccc(CN)c2)c1.Cl.Cl. The molecule has 3 N–H and O–H groups in total. The van der Waals surface area contributed by atoms with E-state index in [0.717, 1.165) is 11.1 Å². The minimum absolute atomic E-state index is 0. The number of carboxylic acid groups (broad SMARTS) is 1. The molecule has 1 heterocycles. The monoisotopic (exact) mass is 502 g/mol. The van der Waals surface area contributed by atoms with Crippen LogP contribution in [0.1, 0.15) is 12.5 Å². The third kappa shape index (κ3) is 6.92. The smallest absolute Gasteiger partial charge is 0.344 e. The molecular formula is C22H22Cl2F2N2O5. The Kier molecular flexibility index (Phi) is 10.3. The zero-order valence-electron chi connectivity index (χ0n) is 17.6. The van der Waals surface area contributed by atoms with Crippen LogP contribution in [0.4, 0.5) is 8.78 Å². The number of halogens is 4. The van der Waals surface area contributed by atoms with Gasteiger partial charge in [-0.25, -0.2) is 13.6 Å². The van der Waals surface area contributed by atoms with E-state index in [2.05, 4.69) is 4.98 Å². The summed E-state index contributed by atoms with van der Waals surface area (Å²) in [6, 6.07) is 12.9. The number of carboxylic acids is 1. The second-order valence-electron chi connectivity index (χ2n) is 6.56. The molecule has 0 fully saturated rings. The van der Waals surface area contributed by atoms with Crippen molar-refractivity contribution in [3.8, 4) is 34.4 Å². The van der Waals surface area contributed by atoms with Crippen molar-refractivity contribution in [1.29, 1.82) is 0 Å². The number of ether oxygens (including phenoxy) is 3. The maximum absolute atomic E-state index is 14.3. The number of nitrogens with two attached hydrogens (primary N) is 1. The normalized spacial score (nSPS) is 10.9. The Labute approximate surface area is 201 Å². The summed E-state index contributed by atoms with van der Waals surface area (Å²) in [6.07, 6.45) is -1.39. The van der Waals surface area contributed by atoms with Crippen LogP contribution in [-0.2, 0) is 11.3 Å². The molecule has 0 unspecified atom stereocenters. The number of aliphatic carboxylic acids is 1. The molecule has 0 radical (unpaired) electrons. The highest BCUT2D eigenvalue weighted by Gasteiger charge is 2.20. The van der Waals surface area contributed by atoms with Crippen LogP contribution in [0.3, 0.4) is 0 Å². The molecule has 0 spiro atoms. The summed E-state index contributed by atoms with van der Waals surface area (Å²) in [6.45, 7) is 1.56. The molecule has 1 atom stereocenters. The van der Waals surface area contributed by atoms with Gasteiger partial charge in [0.15, 0.2) is 17.7 Å². The van der Waals surface area contributed by atoms with E-state index in [9.17, 15) is 13.6 Å². The average molecular weight is 503 g/mol. The van der Waals surface area contributed by atoms with Gasteiger partial charge in [-0.2, -0.15) is 4.98 Å². The van der Waals surface area contributed by atoms with Gasteiger partial charge in [0.1, 0.15) is 11.5 Å². The minimum Gasteiger partial charge on any atom is -0.497 e. The summed E-state index contributed by atoms with van der Waals surface area (Å²) in [5.41, 5.74) is 8.17. The second kappa shape index (κ2) is 12.2. The quantitative estimate of drug-likeness (QED) is 0.447. The first-order valence-electron chi connectivity index (χ1n) is 9.22. The first-order chi connectivity index (χ1) is 14.8. The van der Waals surface area contributed by atoms with Crippen molar-refractivity contribution in [2.24, 2.45) is 5.73 Å². The number of carbonyl (C=O) groups is 1. The fourth-order valence-electron chi connectivity index (χ4n) is 2.71. The molecule has 0 aliphatic rings. The van der Waals surface area contributed by atoms with Crippen LogP contribution < -0.4 is 19.9 Å². The molecule has 1 aromatic heterocycles. The lowest BCUT2D eigenvalue weighted by molar-refractivity contribution is -0.144. The molecule has 3 rings (SSSR count). The molecule has 0 aliphatic heterocycles. The van der Waals surface area contributed by atoms with Crippen LogP contribution in [0.5, 0.6) is 23.3 Å². The van der Waals surface area contributed by atoms with E-state index in [1.165, 1.54) is 20.1 Å². The Morgan fingerprint density at radius 3 is 2.33 bits per heavy atom. The Bertz CT molecular complexity index is 1120. The zero-order chi connectivity index (χ0) is 22.5. The van der Waals surface area contributed by atoms with E-state index in [4.69, 9.17) is 25.1 Å². The van der Waals surface area contributed by atoms with Crippen LogP contribution >= 0.6 is 24.8 Å². The number of methoxy groups -OCH3 is 1. The fraction of sp³-hybridized carbons (Fsp3) is 0.182. The number of pyridine rings is 1. The summed E-state index contributed by atoms with van der Waals surface area (Å²) in [5, 5.41) is 8.92. The summed E-state index contributed by atoms with van der Waals surface area (Å²) in [7, 11) is 1.47. The Balaban J connectivity index is 0.00000272. The molecule has 0 aliphatic carbocycles. The highest BCUT2D eigenvalue weighted by atomic mass is 35.5. The van der Waals surface area contributed by atoms with Gasteiger partial charge in [0.2, 0.25) is 0 Å². The van der Waals surface area contributed by atoms with Gasteiger partial charge in [0, 0.05) is 18.7 Å². The Morgan fingerprint density at radius 2 is 1.70 bits per heavy atom. The topological polar surface area (TPSA) is 104 Å². The van der Waals surface area contributed by atoms with Crippen molar-refractivity contribution >= 4 is 30.8 Å². The van der Waals surface area contributed by atoms with Crippen LogP contribution in [0.15, 0.2) is 48.5 Å². The van der Waals surface area contributed by atoms with Crippen LogP contribution in [0, 0.1) is 11.6 Å². The van der Waals surface area contributed by atoms with Gasteiger partial charge in [0.25, 0.3) is 11.8 Å². The van der Waals surface area contributed by atoms with Gasteiger partial charge in [-0.05, 0) is 41.8 Å². The standard InChI is InChI=1S/C22H20F2N2O5.2ClH/c1-12(22(27)28)30-20-18(23)10-19(24)21(26-20)31-17-8-15(7-16(9-17)29-2)14-5-3-4-13(6-14)11-25;;/h3-10,12H,11,25H2,1-2H3,(H,27,28);2*1H/t12-;;/m1../s1. The maximum atomic E-state index is 14.3. The highest BCUT2D eigenvalue weighted by molar-refractivity contribution is 5.85. The van der Waals surface area contributed by atoms with E-state index >= 15 is 0 Å². The molecule has 0 saturated carbocycles. The van der Waals surface area contributed by atoms with Crippen molar-refractivity contribution in [2.75, 3.05) is 7.11 Å². The van der Waals surface area contributed by atoms with E-state index in [1.54, 1.807) is 12.1 Å². The largest absolute Gasteiger partial charge is 0.497 e. The van der Waals surface area contributed by atoms with Crippen LogP contribution in [0.2, 0.25) is 0 Å². The lowest BCUT2D eigenvalue weighted by Gasteiger charge is -2.14. The summed E-state index contributed by atoms with van der Waals surface area (Å²) >= 11 is 0. The predicted octanol–water partition coefficient (Wildman–Crippen LogP) is 4.98. The zero-order valence-corrected chi connectivity index (χ0v) is 19.2. The van der Waals surface area contributed by atoms with Crippen molar-refractivity contribution in [1.82, 2.24) is 4.98 Å². The number of hydrogen-bond donors (Lipinski definition) is 2. The van der Waals surface area contributed by atoms with Gasteiger partial charge in [-0.1, -0.05) is 18.2 Å². The van der Waals surface area contributed by atoms with Crippen molar-refractivity contribution in [3.05, 3.63) is 65.7 Å². The number of hydrogen-bond acceptors (Lipinski definition) is 6. The van der Waals surface area contributed by atoms with Crippen molar-refractivity contribution < 1.29 is 32.9 Å². The van der Waals surface area contributed by atoms with E-state index in [-0.39, 0.29) is 30.6 Å². The average Bonchev–Trinajstić information content (AvgIpc) is 2.76. The Morgan fingerprint density at radius 1 is 1.03 bits per heavy atom. The third-order valence-corrected chi connectivity index (χ3v) is 4.33. The lowest BCUT2D eigenvalue weighted by Crippen LogP contribution is -2.24. The summed E-state index contributed by atoms with van der Waals surface area (Å²) < 4.78 is 44.0. The number of benzene rings is 2. The fourth-order valence-corrected chi connectivity index (χ4v) is 2.71. The molecule has 2 aromatic carbocycles. The van der Waals surface area contributed by atoms with Gasteiger partial charge in [0.05, 0.1) is 7.11 Å². The van der Waals surface area contributed by atoms with Gasteiger partial charge < -0.3 is 25.1 Å². The van der Waals surface area contributed by atoms with Crippen molar-refractivity contribution in [2.45, 2.75) is 19.6 Å². The van der Waals surface area contributed by atoms with E-state index in [0.29, 0.717) is 23.9 Å². The molecule has 0 bridgehead atoms. The Hall–Kier alpha value is -3.14. The summed E-state index contributed by atoms with van der Waals surface area (Å²) in [5.74, 6) is -4.23. The second-order valence-corrected chi connectivity index (χ2v) is 6.56. The van der Waals surface area contributed by atoms with Gasteiger partial charge in [-0.3, -0.25) is 0 Å². The summed E-state index contributed by atoms with van der Waals surface area (Å²) in [4.78, 5) is 14.6. The lowest BCUT2D eigenvalue weighted by atomic mass is 10.0. The molecule has 0 amide bonds. The van der Waals surface area contributed by atoms with Gasteiger partial charge in [-0.15, -0.1) is 24.8 Å². The molecule has 178 valence electrons. The van der Waals surface area contributed by atoms with E-state index in [1.807, 2.05) is 24.3 Å². The molecule has 33 heavy (non-hydrogen) atoms. The first kappa shape index (κ1) is 27.9. The molecule has 0 saturated heterocycles. The molecule has 11 heteroatoms. The molecule has 3 aromatic rings. The first-order valence-corrected chi connectivity index (χ1v) is 9.22. The van der Waals surface area contributed by atoms with Crippen LogP contribution in [0.25, 0.3) is 11.1 Å². The van der Waals surface area contributed by atoms with Crippen molar-refractivity contribution in [3.63, 3.8) is 0 Å². The number of nitrogens with zero attached hydrogens (tertiary/aromatic N) is 1. The number of rotatable bonds is 8. The highest BCUT2D eigenvalue weighted by Crippen LogP contribution is 2.34.